The zero-order valence-electron chi connectivity index (χ0n) is 17.4. The number of carbonyl (C=O) groups is 3. The molecule has 0 saturated carbocycles. The summed E-state index contributed by atoms with van der Waals surface area (Å²) in [5, 5.41) is 2.57. The predicted molar refractivity (Wildman–Crippen MR) is 107 cm³/mol. The number of hydrogen-bond donors (Lipinski definition) is 2. The van der Waals surface area contributed by atoms with E-state index >= 15 is 0 Å². The summed E-state index contributed by atoms with van der Waals surface area (Å²) in [4.78, 5) is 46.5. The molecule has 0 aromatic heterocycles. The molecule has 1 aromatic carbocycles. The average molecular weight is 445 g/mol. The van der Waals surface area contributed by atoms with Crippen LogP contribution in [0.25, 0.3) is 0 Å². The fraction of sp³-hybridized carbons (Fsp3) is 0.526. The molecule has 2 rings (SSSR count). The number of rotatable bonds is 8. The van der Waals surface area contributed by atoms with Crippen molar-refractivity contribution in [1.82, 2.24) is 5.32 Å². The SMILES string of the molecule is COC(=O)CCNC(=O)[C@@H]1O[PH](O)(OC(C)OC(=O)c2ccccc2)OCC1(C)C. The van der Waals surface area contributed by atoms with Gasteiger partial charge in [-0.2, -0.15) is 0 Å². The van der Waals surface area contributed by atoms with Gasteiger partial charge in [0.2, 0.25) is 0 Å². The summed E-state index contributed by atoms with van der Waals surface area (Å²) in [5.74, 6) is -1.64. The maximum absolute atomic E-state index is 12.5. The Balaban J connectivity index is 1.96. The predicted octanol–water partition coefficient (Wildman–Crippen LogP) is 1.73. The number of amides is 1. The third-order valence-corrected chi connectivity index (χ3v) is 5.97. The van der Waals surface area contributed by atoms with Crippen molar-refractivity contribution in [3.63, 3.8) is 0 Å². The van der Waals surface area contributed by atoms with Gasteiger partial charge in [-0.3, -0.25) is 0 Å². The molecule has 1 amide bonds. The first kappa shape index (κ1) is 24.2. The molecule has 30 heavy (non-hydrogen) atoms. The molecule has 1 aliphatic heterocycles. The van der Waals surface area contributed by atoms with E-state index in [9.17, 15) is 19.3 Å². The fourth-order valence-corrected chi connectivity index (χ4v) is 4.61. The third kappa shape index (κ3) is 6.72. The second-order valence-corrected chi connectivity index (χ2v) is 9.18. The molecule has 1 heterocycles. The van der Waals surface area contributed by atoms with Crippen molar-refractivity contribution < 1.29 is 42.3 Å². The minimum absolute atomic E-state index is 0.00342. The third-order valence-electron chi connectivity index (χ3n) is 4.29. The standard InChI is InChI=1S/C19H28NO9P/c1-13(27-18(23)14-8-6-5-7-9-14)28-30(24)26-12-19(2,3)16(29-30)17(22)20-11-10-15(21)25-4/h5-9,13,16,24,30H,10-12H2,1-4H3,(H,20,22)/t13?,16-/m0/s1. The van der Waals surface area contributed by atoms with Crippen LogP contribution in [0, 0.1) is 5.41 Å². The summed E-state index contributed by atoms with van der Waals surface area (Å²) in [6.45, 7) is 4.89. The van der Waals surface area contributed by atoms with Gasteiger partial charge in [-0.05, 0) is 0 Å². The van der Waals surface area contributed by atoms with E-state index in [1.165, 1.54) is 14.0 Å². The maximum atomic E-state index is 12.5. The van der Waals surface area contributed by atoms with E-state index in [1.54, 1.807) is 44.2 Å². The van der Waals surface area contributed by atoms with Gasteiger partial charge in [-0.15, -0.1) is 0 Å². The van der Waals surface area contributed by atoms with Crippen LogP contribution in [-0.4, -0.2) is 55.4 Å². The number of methoxy groups -OCH3 is 1. The molecule has 0 radical (unpaired) electrons. The Kier molecular flexibility index (Phi) is 8.28. The van der Waals surface area contributed by atoms with Crippen molar-refractivity contribution in [3.05, 3.63) is 35.9 Å². The second-order valence-electron chi connectivity index (χ2n) is 7.37. The first-order chi connectivity index (χ1) is 14.1. The van der Waals surface area contributed by atoms with E-state index in [2.05, 4.69) is 10.1 Å². The van der Waals surface area contributed by atoms with E-state index in [1.807, 2.05) is 0 Å². The van der Waals surface area contributed by atoms with Crippen LogP contribution in [0.4, 0.5) is 0 Å². The zero-order valence-corrected chi connectivity index (χ0v) is 18.4. The fourth-order valence-electron chi connectivity index (χ4n) is 2.67. The van der Waals surface area contributed by atoms with Gasteiger partial charge in [0.25, 0.3) is 0 Å². The molecule has 0 bridgehead atoms. The van der Waals surface area contributed by atoms with Gasteiger partial charge in [0.05, 0.1) is 0 Å². The normalized spacial score (nSPS) is 21.7. The molecule has 2 N–H and O–H groups in total. The van der Waals surface area contributed by atoms with Gasteiger partial charge in [-0.25, -0.2) is 0 Å². The molecule has 0 aliphatic carbocycles. The van der Waals surface area contributed by atoms with E-state index in [-0.39, 0.29) is 19.6 Å². The quantitative estimate of drug-likeness (QED) is 0.349. The Bertz CT molecular complexity index is 758. The number of carbonyl (C=O) groups excluding carboxylic acids is 3. The van der Waals surface area contributed by atoms with Crippen LogP contribution in [0.2, 0.25) is 0 Å². The molecule has 2 atom stereocenters. The molecule has 1 aliphatic rings. The van der Waals surface area contributed by atoms with Gasteiger partial charge < -0.3 is 0 Å². The van der Waals surface area contributed by atoms with Crippen LogP contribution >= 0.6 is 8.17 Å². The summed E-state index contributed by atoms with van der Waals surface area (Å²) in [7, 11) is -3.03. The molecule has 0 spiro atoms. The van der Waals surface area contributed by atoms with E-state index in [0.29, 0.717) is 5.56 Å². The van der Waals surface area contributed by atoms with Crippen LogP contribution in [-0.2, 0) is 32.6 Å². The van der Waals surface area contributed by atoms with Crippen molar-refractivity contribution in [1.29, 1.82) is 0 Å². The molecule has 1 fully saturated rings. The molecule has 11 heteroatoms. The Labute approximate surface area is 175 Å². The van der Waals surface area contributed by atoms with Crippen molar-refractivity contribution >= 4 is 26.0 Å². The van der Waals surface area contributed by atoms with Crippen molar-refractivity contribution in [2.75, 3.05) is 20.3 Å². The van der Waals surface area contributed by atoms with Gasteiger partial charge in [0.15, 0.2) is 0 Å². The van der Waals surface area contributed by atoms with Gasteiger partial charge in [-0.1, -0.05) is 0 Å². The van der Waals surface area contributed by atoms with Crippen molar-refractivity contribution in [3.8, 4) is 0 Å². The second kappa shape index (κ2) is 10.3. The summed E-state index contributed by atoms with van der Waals surface area (Å²) < 4.78 is 25.9. The number of ether oxygens (including phenoxy) is 2. The van der Waals surface area contributed by atoms with Gasteiger partial charge >= 0.3 is 175 Å². The van der Waals surface area contributed by atoms with Crippen LogP contribution < -0.4 is 5.32 Å². The van der Waals surface area contributed by atoms with Crippen LogP contribution in [0.3, 0.4) is 0 Å². The van der Waals surface area contributed by atoms with E-state index in [4.69, 9.17) is 18.3 Å². The average Bonchev–Trinajstić information content (AvgIpc) is 2.70. The number of nitrogens with one attached hydrogen (secondary N) is 1. The molecule has 1 aromatic rings. The van der Waals surface area contributed by atoms with Gasteiger partial charge in [0.1, 0.15) is 0 Å². The summed E-state index contributed by atoms with van der Waals surface area (Å²) in [5.41, 5.74) is -0.460. The van der Waals surface area contributed by atoms with Crippen molar-refractivity contribution in [2.45, 2.75) is 39.6 Å². The zero-order chi connectivity index (χ0) is 22.4. The Hall–Kier alpha value is -2.10. The number of hydrogen-bond acceptors (Lipinski definition) is 9. The van der Waals surface area contributed by atoms with Crippen LogP contribution in [0.5, 0.6) is 0 Å². The molecular weight excluding hydrogens is 417 g/mol. The molecule has 1 unspecified atom stereocenters. The summed E-state index contributed by atoms with van der Waals surface area (Å²) in [6, 6.07) is 8.28. The molecule has 1 saturated heterocycles. The number of esters is 2. The summed E-state index contributed by atoms with van der Waals surface area (Å²) >= 11 is 0. The Morgan fingerprint density at radius 3 is 2.60 bits per heavy atom. The first-order valence-electron chi connectivity index (χ1n) is 9.39. The Morgan fingerprint density at radius 2 is 1.97 bits per heavy atom. The first-order valence-corrected chi connectivity index (χ1v) is 11.1. The topological polar surface area (TPSA) is 130 Å². The van der Waals surface area contributed by atoms with Crippen molar-refractivity contribution in [2.24, 2.45) is 5.41 Å². The molecule has 168 valence electrons. The minimum atomic E-state index is -4.28. The van der Waals surface area contributed by atoms with E-state index < -0.39 is 43.8 Å². The van der Waals surface area contributed by atoms with Gasteiger partial charge in [0, 0.05) is 0 Å². The Morgan fingerprint density at radius 1 is 1.30 bits per heavy atom. The monoisotopic (exact) mass is 445 g/mol. The van der Waals surface area contributed by atoms with E-state index in [0.717, 1.165) is 0 Å². The molecule has 10 nitrogen and oxygen atoms in total. The number of benzene rings is 1. The summed E-state index contributed by atoms with van der Waals surface area (Å²) in [6.07, 6.45) is -2.28. The van der Waals surface area contributed by atoms with Crippen LogP contribution in [0.15, 0.2) is 30.3 Å². The van der Waals surface area contributed by atoms with Crippen LogP contribution in [0.1, 0.15) is 37.6 Å². The molecular formula is C19H28NO9P.